The SMILES string of the molecule is CN(C)S(=O)(=O)c1cc(C(=O)NC(c2ccccc2)c2ccccn2)ccc1Cl. The van der Waals surface area contributed by atoms with E-state index in [4.69, 9.17) is 11.6 Å². The van der Waals surface area contributed by atoms with E-state index >= 15 is 0 Å². The number of amides is 1. The number of carbonyl (C=O) groups excluding carboxylic acids is 1. The number of hydrogen-bond donors (Lipinski definition) is 1. The number of sulfonamides is 1. The van der Waals surface area contributed by atoms with E-state index in [2.05, 4.69) is 10.3 Å². The maximum atomic E-state index is 13.0. The number of nitrogens with one attached hydrogen (secondary N) is 1. The second kappa shape index (κ2) is 8.73. The summed E-state index contributed by atoms with van der Waals surface area (Å²) in [4.78, 5) is 17.2. The average molecular weight is 430 g/mol. The first kappa shape index (κ1) is 21.0. The van der Waals surface area contributed by atoms with E-state index in [1.54, 1.807) is 12.3 Å². The number of pyridine rings is 1. The van der Waals surface area contributed by atoms with Crippen molar-refractivity contribution in [2.24, 2.45) is 0 Å². The van der Waals surface area contributed by atoms with Crippen LogP contribution in [0.5, 0.6) is 0 Å². The van der Waals surface area contributed by atoms with Crippen molar-refractivity contribution in [2.75, 3.05) is 14.1 Å². The molecule has 1 amide bonds. The van der Waals surface area contributed by atoms with E-state index in [0.717, 1.165) is 9.87 Å². The summed E-state index contributed by atoms with van der Waals surface area (Å²) in [5, 5.41) is 3.00. The monoisotopic (exact) mass is 429 g/mol. The Morgan fingerprint density at radius 1 is 1.03 bits per heavy atom. The van der Waals surface area contributed by atoms with Gasteiger partial charge in [0.1, 0.15) is 4.90 Å². The van der Waals surface area contributed by atoms with Crippen molar-refractivity contribution < 1.29 is 13.2 Å². The minimum Gasteiger partial charge on any atom is -0.340 e. The van der Waals surface area contributed by atoms with E-state index in [9.17, 15) is 13.2 Å². The van der Waals surface area contributed by atoms with Crippen LogP contribution >= 0.6 is 11.6 Å². The number of halogens is 1. The first-order valence-electron chi connectivity index (χ1n) is 8.79. The molecule has 0 saturated carbocycles. The Morgan fingerprint density at radius 2 is 1.72 bits per heavy atom. The van der Waals surface area contributed by atoms with Gasteiger partial charge in [-0.05, 0) is 35.9 Å². The highest BCUT2D eigenvalue weighted by atomic mass is 35.5. The van der Waals surface area contributed by atoms with Crippen LogP contribution in [0.25, 0.3) is 0 Å². The predicted molar refractivity (Wildman–Crippen MR) is 112 cm³/mol. The third kappa shape index (κ3) is 4.64. The fourth-order valence-corrected chi connectivity index (χ4v) is 4.17. The Balaban J connectivity index is 1.97. The quantitative estimate of drug-likeness (QED) is 0.650. The van der Waals surface area contributed by atoms with Gasteiger partial charge in [0.05, 0.1) is 16.8 Å². The van der Waals surface area contributed by atoms with Gasteiger partial charge in [-0.2, -0.15) is 0 Å². The van der Waals surface area contributed by atoms with Crippen molar-refractivity contribution in [3.8, 4) is 0 Å². The molecular weight excluding hydrogens is 410 g/mol. The molecule has 1 N–H and O–H groups in total. The second-order valence-electron chi connectivity index (χ2n) is 6.50. The van der Waals surface area contributed by atoms with E-state index in [-0.39, 0.29) is 15.5 Å². The maximum absolute atomic E-state index is 13.0. The van der Waals surface area contributed by atoms with Crippen LogP contribution in [-0.4, -0.2) is 37.7 Å². The molecule has 0 radical (unpaired) electrons. The summed E-state index contributed by atoms with van der Waals surface area (Å²) in [6.07, 6.45) is 1.65. The van der Waals surface area contributed by atoms with Gasteiger partial charge >= 0.3 is 0 Å². The first-order valence-corrected chi connectivity index (χ1v) is 10.6. The van der Waals surface area contributed by atoms with E-state index in [1.165, 1.54) is 32.3 Å². The molecule has 3 aromatic rings. The zero-order valence-electron chi connectivity index (χ0n) is 15.9. The molecular formula is C21H20ClN3O3S. The number of nitrogens with zero attached hydrogens (tertiary/aromatic N) is 2. The smallest absolute Gasteiger partial charge is 0.252 e. The minimum absolute atomic E-state index is 0.0552. The molecule has 0 aliphatic heterocycles. The van der Waals surface area contributed by atoms with Crippen molar-refractivity contribution in [3.05, 3.63) is 94.8 Å². The van der Waals surface area contributed by atoms with Gasteiger partial charge in [-0.1, -0.05) is 48.0 Å². The van der Waals surface area contributed by atoms with Gasteiger partial charge in [-0.25, -0.2) is 12.7 Å². The number of carbonyl (C=O) groups is 1. The molecule has 6 nitrogen and oxygen atoms in total. The fourth-order valence-electron chi connectivity index (χ4n) is 2.77. The Morgan fingerprint density at radius 3 is 2.34 bits per heavy atom. The molecule has 29 heavy (non-hydrogen) atoms. The molecule has 0 bridgehead atoms. The van der Waals surface area contributed by atoms with Gasteiger partial charge in [0, 0.05) is 25.9 Å². The lowest BCUT2D eigenvalue weighted by Gasteiger charge is -2.19. The number of benzene rings is 2. The molecule has 0 spiro atoms. The Bertz CT molecular complexity index is 1070. The number of rotatable bonds is 6. The molecule has 8 heteroatoms. The molecule has 1 unspecified atom stereocenters. The van der Waals surface area contributed by atoms with E-state index < -0.39 is 22.0 Å². The van der Waals surface area contributed by atoms with Gasteiger partial charge < -0.3 is 5.32 Å². The summed E-state index contributed by atoms with van der Waals surface area (Å²) < 4.78 is 26.0. The second-order valence-corrected chi connectivity index (χ2v) is 9.03. The highest BCUT2D eigenvalue weighted by molar-refractivity contribution is 7.89. The number of hydrogen-bond acceptors (Lipinski definition) is 4. The van der Waals surface area contributed by atoms with E-state index in [0.29, 0.717) is 5.69 Å². The van der Waals surface area contributed by atoms with Crippen LogP contribution in [0, 0.1) is 0 Å². The minimum atomic E-state index is -3.79. The maximum Gasteiger partial charge on any atom is 0.252 e. The Hall–Kier alpha value is -2.74. The zero-order valence-corrected chi connectivity index (χ0v) is 17.5. The summed E-state index contributed by atoms with van der Waals surface area (Å²) >= 11 is 6.08. The molecule has 3 rings (SSSR count). The highest BCUT2D eigenvalue weighted by Gasteiger charge is 2.24. The zero-order chi connectivity index (χ0) is 21.0. The predicted octanol–water partition coefficient (Wildman–Crippen LogP) is 3.50. The van der Waals surface area contributed by atoms with Gasteiger partial charge in [0.25, 0.3) is 5.91 Å². The van der Waals surface area contributed by atoms with Gasteiger partial charge in [0.2, 0.25) is 10.0 Å². The topological polar surface area (TPSA) is 79.4 Å². The summed E-state index contributed by atoms with van der Waals surface area (Å²) in [5.74, 6) is -0.434. The van der Waals surface area contributed by atoms with Crippen LogP contribution in [0.3, 0.4) is 0 Å². The summed E-state index contributed by atoms with van der Waals surface area (Å²) in [7, 11) is -0.972. The Labute approximate surface area is 175 Å². The van der Waals surface area contributed by atoms with Crippen LogP contribution in [0.4, 0.5) is 0 Å². The lowest BCUT2D eigenvalue weighted by molar-refractivity contribution is 0.0942. The van der Waals surface area contributed by atoms with Crippen molar-refractivity contribution in [2.45, 2.75) is 10.9 Å². The van der Waals surface area contributed by atoms with Crippen molar-refractivity contribution in [1.29, 1.82) is 0 Å². The largest absolute Gasteiger partial charge is 0.340 e. The number of aromatic nitrogens is 1. The standard InChI is InChI=1S/C21H20ClN3O3S/c1-25(2)29(27,28)19-14-16(11-12-17(19)22)21(26)24-20(15-8-4-3-5-9-15)18-10-6-7-13-23-18/h3-14,20H,1-2H3,(H,24,26). The normalized spacial score (nSPS) is 12.6. The van der Waals surface area contributed by atoms with Crippen LogP contribution in [0.1, 0.15) is 27.7 Å². The van der Waals surface area contributed by atoms with Gasteiger partial charge in [-0.3, -0.25) is 9.78 Å². The molecule has 0 aliphatic rings. The molecule has 0 aliphatic carbocycles. The molecule has 0 saturated heterocycles. The fraction of sp³-hybridized carbons (Fsp3) is 0.143. The molecule has 2 aromatic carbocycles. The highest BCUT2D eigenvalue weighted by Crippen LogP contribution is 2.26. The van der Waals surface area contributed by atoms with Crippen LogP contribution in [-0.2, 0) is 10.0 Å². The van der Waals surface area contributed by atoms with Crippen LogP contribution in [0.15, 0.2) is 77.8 Å². The third-order valence-corrected chi connectivity index (χ3v) is 6.64. The molecule has 1 aromatic heterocycles. The summed E-state index contributed by atoms with van der Waals surface area (Å²) in [6, 6.07) is 18.6. The van der Waals surface area contributed by atoms with Crippen molar-refractivity contribution in [3.63, 3.8) is 0 Å². The summed E-state index contributed by atoms with van der Waals surface area (Å²) in [6.45, 7) is 0. The van der Waals surface area contributed by atoms with Gasteiger partial charge in [-0.15, -0.1) is 0 Å². The molecule has 150 valence electrons. The van der Waals surface area contributed by atoms with Crippen molar-refractivity contribution >= 4 is 27.5 Å². The van der Waals surface area contributed by atoms with Crippen LogP contribution < -0.4 is 5.32 Å². The molecule has 1 atom stereocenters. The first-order chi connectivity index (χ1) is 13.8. The van der Waals surface area contributed by atoms with Crippen LogP contribution in [0.2, 0.25) is 5.02 Å². The lowest BCUT2D eigenvalue weighted by Crippen LogP contribution is -2.30. The van der Waals surface area contributed by atoms with E-state index in [1.807, 2.05) is 42.5 Å². The molecule has 0 fully saturated rings. The third-order valence-electron chi connectivity index (χ3n) is 4.34. The Kier molecular flexibility index (Phi) is 6.32. The van der Waals surface area contributed by atoms with Gasteiger partial charge in [0.15, 0.2) is 0 Å². The lowest BCUT2D eigenvalue weighted by atomic mass is 10.0. The summed E-state index contributed by atoms with van der Waals surface area (Å²) in [5.41, 5.74) is 1.71. The average Bonchev–Trinajstić information content (AvgIpc) is 2.73. The van der Waals surface area contributed by atoms with Crippen molar-refractivity contribution in [1.82, 2.24) is 14.6 Å². The molecule has 1 heterocycles.